The van der Waals surface area contributed by atoms with E-state index in [9.17, 15) is 25.5 Å². The number of nitro benzene ring substituents is 1. The van der Waals surface area contributed by atoms with Gasteiger partial charge in [-0.05, 0) is 30.2 Å². The van der Waals surface area contributed by atoms with Gasteiger partial charge in [0.25, 0.3) is 11.0 Å². The number of aromatic hydroxyl groups is 2. The molecule has 1 aromatic carbocycles. The zero-order chi connectivity index (χ0) is 19.2. The SMILES string of the molecule is Cc1cc(C)[n+]([O-])c(Cl)c1-c1nnc(-c2cc(O)c(O)c([N+](=O)[O-])c2)o1. The van der Waals surface area contributed by atoms with Gasteiger partial charge in [0.05, 0.1) is 4.92 Å². The van der Waals surface area contributed by atoms with Crippen LogP contribution in [0.5, 0.6) is 11.5 Å². The van der Waals surface area contributed by atoms with Crippen LogP contribution in [0.25, 0.3) is 22.9 Å². The zero-order valence-corrected chi connectivity index (χ0v) is 14.2. The Morgan fingerprint density at radius 2 is 1.85 bits per heavy atom. The molecule has 0 spiro atoms. The highest BCUT2D eigenvalue weighted by atomic mass is 35.5. The van der Waals surface area contributed by atoms with E-state index in [1.807, 2.05) is 0 Å². The molecule has 0 radical (unpaired) electrons. The summed E-state index contributed by atoms with van der Waals surface area (Å²) in [6, 6.07) is 3.61. The van der Waals surface area contributed by atoms with Crippen LogP contribution in [-0.4, -0.2) is 25.3 Å². The van der Waals surface area contributed by atoms with Crippen molar-refractivity contribution >= 4 is 17.3 Å². The first kappa shape index (κ1) is 17.4. The molecule has 0 bridgehead atoms. The van der Waals surface area contributed by atoms with E-state index in [-0.39, 0.29) is 28.1 Å². The van der Waals surface area contributed by atoms with Gasteiger partial charge in [0.15, 0.2) is 11.4 Å². The van der Waals surface area contributed by atoms with Crippen LogP contribution in [0, 0.1) is 29.2 Å². The van der Waals surface area contributed by atoms with Crippen LogP contribution in [0.1, 0.15) is 11.3 Å². The van der Waals surface area contributed by atoms with Gasteiger partial charge in [-0.1, -0.05) is 0 Å². The number of nitrogens with zero attached hydrogens (tertiary/aromatic N) is 4. The lowest BCUT2D eigenvalue weighted by Gasteiger charge is -2.07. The van der Waals surface area contributed by atoms with Gasteiger partial charge in [0, 0.05) is 24.6 Å². The van der Waals surface area contributed by atoms with Crippen LogP contribution in [0.3, 0.4) is 0 Å². The first-order chi connectivity index (χ1) is 12.2. The molecule has 26 heavy (non-hydrogen) atoms. The van der Waals surface area contributed by atoms with Gasteiger partial charge in [-0.25, -0.2) is 0 Å². The van der Waals surface area contributed by atoms with Crippen molar-refractivity contribution < 1.29 is 24.3 Å². The van der Waals surface area contributed by atoms with E-state index in [1.54, 1.807) is 19.9 Å². The average molecular weight is 379 g/mol. The molecule has 0 saturated heterocycles. The average Bonchev–Trinajstić information content (AvgIpc) is 3.04. The zero-order valence-electron chi connectivity index (χ0n) is 13.4. The van der Waals surface area contributed by atoms with Crippen molar-refractivity contribution in [2.24, 2.45) is 0 Å². The summed E-state index contributed by atoms with van der Waals surface area (Å²) in [6.07, 6.45) is 0. The fourth-order valence-corrected chi connectivity index (χ4v) is 2.79. The minimum Gasteiger partial charge on any atom is -0.617 e. The molecule has 2 N–H and O–H groups in total. The number of aromatic nitrogens is 3. The van der Waals surface area contributed by atoms with E-state index in [0.29, 0.717) is 16.0 Å². The van der Waals surface area contributed by atoms with Crippen LogP contribution < -0.4 is 4.73 Å². The standard InChI is InChI=1S/C15H11ClN4O6/c1-6-3-7(2)19(23)13(16)11(6)15-18-17-14(26-15)8-4-9(20(24)25)12(22)10(21)5-8/h3-5,21-22H,1-2H3. The predicted molar refractivity (Wildman–Crippen MR) is 88.6 cm³/mol. The van der Waals surface area contributed by atoms with Crippen LogP contribution in [-0.2, 0) is 0 Å². The summed E-state index contributed by atoms with van der Waals surface area (Å²) in [4.78, 5) is 10.1. The van der Waals surface area contributed by atoms with Crippen LogP contribution >= 0.6 is 11.6 Å². The molecule has 10 nitrogen and oxygen atoms in total. The lowest BCUT2D eigenvalue weighted by molar-refractivity contribution is -0.609. The lowest BCUT2D eigenvalue weighted by Crippen LogP contribution is -2.32. The minimum absolute atomic E-state index is 0.0154. The second-order valence-electron chi connectivity index (χ2n) is 5.46. The molecule has 0 aliphatic rings. The Morgan fingerprint density at radius 1 is 1.19 bits per heavy atom. The third-order valence-electron chi connectivity index (χ3n) is 3.68. The van der Waals surface area contributed by atoms with Crippen molar-refractivity contribution in [2.45, 2.75) is 13.8 Å². The molecule has 11 heteroatoms. The fraction of sp³-hybridized carbons (Fsp3) is 0.133. The van der Waals surface area contributed by atoms with Crippen molar-refractivity contribution in [2.75, 3.05) is 0 Å². The van der Waals surface area contributed by atoms with Gasteiger partial charge in [0.2, 0.25) is 11.6 Å². The molecule has 0 fully saturated rings. The van der Waals surface area contributed by atoms with Crippen molar-refractivity contribution in [1.29, 1.82) is 0 Å². The summed E-state index contributed by atoms with van der Waals surface area (Å²) >= 11 is 6.07. The van der Waals surface area contributed by atoms with Gasteiger partial charge in [-0.3, -0.25) is 10.1 Å². The number of nitro groups is 1. The number of phenols is 2. The van der Waals surface area contributed by atoms with E-state index in [4.69, 9.17) is 16.0 Å². The van der Waals surface area contributed by atoms with Crippen LogP contribution in [0.2, 0.25) is 5.15 Å². The molecule has 0 saturated carbocycles. The lowest BCUT2D eigenvalue weighted by atomic mass is 10.1. The maximum absolute atomic E-state index is 12.0. The summed E-state index contributed by atoms with van der Waals surface area (Å²) in [5.74, 6) is -1.81. The summed E-state index contributed by atoms with van der Waals surface area (Å²) in [6.45, 7) is 3.29. The van der Waals surface area contributed by atoms with Crippen molar-refractivity contribution in [1.82, 2.24) is 10.2 Å². The third-order valence-corrected chi connectivity index (χ3v) is 4.02. The normalized spacial score (nSPS) is 10.9. The Balaban J connectivity index is 2.13. The summed E-state index contributed by atoms with van der Waals surface area (Å²) in [5.41, 5.74) is 0.524. The number of rotatable bonds is 3. The molecular weight excluding hydrogens is 368 g/mol. The second kappa shape index (κ2) is 6.15. The number of phenolic OH excluding ortho intramolecular Hbond substituents is 2. The van der Waals surface area contributed by atoms with E-state index in [1.165, 1.54) is 0 Å². The molecule has 3 rings (SSSR count). The Hall–Kier alpha value is -3.40. The molecule has 0 amide bonds. The summed E-state index contributed by atoms with van der Waals surface area (Å²) in [5, 5.41) is 49.5. The van der Waals surface area contributed by atoms with E-state index >= 15 is 0 Å². The van der Waals surface area contributed by atoms with Crippen LogP contribution in [0.4, 0.5) is 5.69 Å². The van der Waals surface area contributed by atoms with Gasteiger partial charge in [0.1, 0.15) is 5.56 Å². The number of hydrogen-bond donors (Lipinski definition) is 2. The highest BCUT2D eigenvalue weighted by molar-refractivity contribution is 6.31. The Kier molecular flexibility index (Phi) is 4.12. The van der Waals surface area contributed by atoms with Crippen LogP contribution in [0.15, 0.2) is 22.6 Å². The van der Waals surface area contributed by atoms with Crippen molar-refractivity contribution in [3.8, 4) is 34.4 Å². The highest BCUT2D eigenvalue weighted by Gasteiger charge is 2.25. The monoisotopic (exact) mass is 378 g/mol. The topological polar surface area (TPSA) is 149 Å². The number of benzene rings is 1. The highest BCUT2D eigenvalue weighted by Crippen LogP contribution is 2.39. The van der Waals surface area contributed by atoms with Crippen molar-refractivity contribution in [3.05, 3.63) is 49.9 Å². The maximum atomic E-state index is 12.0. The molecule has 0 atom stereocenters. The first-order valence-electron chi connectivity index (χ1n) is 7.14. The maximum Gasteiger partial charge on any atom is 0.315 e. The molecule has 0 aliphatic heterocycles. The second-order valence-corrected chi connectivity index (χ2v) is 5.82. The van der Waals surface area contributed by atoms with Gasteiger partial charge >= 0.3 is 5.69 Å². The largest absolute Gasteiger partial charge is 0.617 e. The first-order valence-corrected chi connectivity index (χ1v) is 7.52. The molecular formula is C15H11ClN4O6. The smallest absolute Gasteiger partial charge is 0.315 e. The molecule has 134 valence electrons. The summed E-state index contributed by atoms with van der Waals surface area (Å²) < 4.78 is 5.97. The Labute approximate surface area is 150 Å². The number of halogens is 1. The van der Waals surface area contributed by atoms with Crippen molar-refractivity contribution in [3.63, 3.8) is 0 Å². The minimum atomic E-state index is -0.872. The quantitative estimate of drug-likeness (QED) is 0.176. The molecule has 3 aromatic rings. The molecule has 0 unspecified atom stereocenters. The third kappa shape index (κ3) is 2.75. The molecule has 2 aromatic heterocycles. The number of hydrogen-bond acceptors (Lipinski definition) is 8. The van der Waals surface area contributed by atoms with Gasteiger partial charge in [-0.15, -0.1) is 10.2 Å². The van der Waals surface area contributed by atoms with Gasteiger partial charge in [-0.2, -0.15) is 4.73 Å². The number of pyridine rings is 1. The molecule has 0 aliphatic carbocycles. The molecule has 2 heterocycles. The van der Waals surface area contributed by atoms with E-state index < -0.39 is 22.1 Å². The fourth-order valence-electron chi connectivity index (χ4n) is 2.43. The number of aryl methyl sites for hydroxylation is 2. The summed E-state index contributed by atoms with van der Waals surface area (Å²) in [7, 11) is 0. The van der Waals surface area contributed by atoms with E-state index in [0.717, 1.165) is 12.1 Å². The predicted octanol–water partition coefficient (Wildman–Crippen LogP) is 2.63. The van der Waals surface area contributed by atoms with E-state index in [2.05, 4.69) is 10.2 Å². The van der Waals surface area contributed by atoms with Gasteiger partial charge < -0.3 is 19.8 Å². The Bertz CT molecular complexity index is 1050. The Morgan fingerprint density at radius 3 is 2.50 bits per heavy atom.